The van der Waals surface area contributed by atoms with E-state index in [0.717, 1.165) is 19.5 Å². The van der Waals surface area contributed by atoms with E-state index in [1.807, 2.05) is 0 Å². The second-order valence-electron chi connectivity index (χ2n) is 5.29. The minimum absolute atomic E-state index is 0.0934. The number of phenols is 2. The van der Waals surface area contributed by atoms with E-state index in [-0.39, 0.29) is 17.4 Å². The number of carbonyl (C=O) groups excluding carboxylic acids is 1. The van der Waals surface area contributed by atoms with Crippen LogP contribution >= 0.6 is 0 Å². The third kappa shape index (κ3) is 3.04. The van der Waals surface area contributed by atoms with Gasteiger partial charge in [0.25, 0.3) is 5.91 Å². The average Bonchev–Trinajstić information content (AvgIpc) is 2.48. The highest BCUT2D eigenvalue weighted by Crippen LogP contribution is 2.25. The van der Waals surface area contributed by atoms with E-state index in [9.17, 15) is 15.0 Å². The molecule has 0 aromatic heterocycles. The Morgan fingerprint density at radius 1 is 1.20 bits per heavy atom. The summed E-state index contributed by atoms with van der Waals surface area (Å²) in [5, 5.41) is 18.7. The molecule has 1 aromatic rings. The van der Waals surface area contributed by atoms with Crippen LogP contribution in [0.4, 0.5) is 0 Å². The molecule has 0 aliphatic carbocycles. The summed E-state index contributed by atoms with van der Waals surface area (Å²) in [6.07, 6.45) is 1.11. The van der Waals surface area contributed by atoms with Gasteiger partial charge in [-0.05, 0) is 31.5 Å². The molecule has 1 aliphatic rings. The van der Waals surface area contributed by atoms with Crippen molar-refractivity contribution < 1.29 is 15.0 Å². The van der Waals surface area contributed by atoms with Crippen LogP contribution in [0.15, 0.2) is 18.2 Å². The van der Waals surface area contributed by atoms with Gasteiger partial charge in [0.05, 0.1) is 0 Å². The first-order chi connectivity index (χ1) is 9.52. The van der Waals surface area contributed by atoms with Crippen molar-refractivity contribution in [1.29, 1.82) is 0 Å². The zero-order chi connectivity index (χ0) is 14.7. The smallest absolute Gasteiger partial charge is 0.254 e. The normalized spacial score (nSPS) is 18.0. The van der Waals surface area contributed by atoms with Crippen LogP contribution in [0.1, 0.15) is 30.6 Å². The molecule has 2 N–H and O–H groups in total. The van der Waals surface area contributed by atoms with Crippen molar-refractivity contribution in [1.82, 2.24) is 9.80 Å². The number of carbonyl (C=O) groups is 1. The van der Waals surface area contributed by atoms with Crippen LogP contribution < -0.4 is 0 Å². The number of benzene rings is 1. The lowest BCUT2D eigenvalue weighted by Gasteiger charge is -2.37. The summed E-state index contributed by atoms with van der Waals surface area (Å²) in [6.45, 7) is 7.53. The Balaban J connectivity index is 1.99. The highest BCUT2D eigenvalue weighted by atomic mass is 16.3. The van der Waals surface area contributed by atoms with Gasteiger partial charge in [0.15, 0.2) is 11.5 Å². The van der Waals surface area contributed by atoms with Gasteiger partial charge in [0, 0.05) is 37.8 Å². The number of rotatable bonds is 3. The molecule has 1 heterocycles. The standard InChI is InChI=1S/C15H22N2O3/c1-3-11(2)16-6-8-17(9-7-16)15(20)12-4-5-13(18)14(19)10-12/h4-5,10-11,18-19H,3,6-9H2,1-2H3. The largest absolute Gasteiger partial charge is 0.504 e. The molecule has 110 valence electrons. The Bertz CT molecular complexity index is 482. The highest BCUT2D eigenvalue weighted by Gasteiger charge is 2.24. The molecular formula is C15H22N2O3. The molecule has 1 unspecified atom stereocenters. The summed E-state index contributed by atoms with van der Waals surface area (Å²) in [4.78, 5) is 16.5. The zero-order valence-electron chi connectivity index (χ0n) is 12.0. The van der Waals surface area contributed by atoms with Gasteiger partial charge in [-0.2, -0.15) is 0 Å². The Morgan fingerprint density at radius 2 is 1.85 bits per heavy atom. The van der Waals surface area contributed by atoms with Gasteiger partial charge in [-0.3, -0.25) is 9.69 Å². The third-order valence-electron chi connectivity index (χ3n) is 4.04. The molecule has 1 aromatic carbocycles. The predicted octanol–water partition coefficient (Wildman–Crippen LogP) is 1.65. The summed E-state index contributed by atoms with van der Waals surface area (Å²) in [5.74, 6) is -0.554. The maximum Gasteiger partial charge on any atom is 0.254 e. The van der Waals surface area contributed by atoms with Gasteiger partial charge in [0.1, 0.15) is 0 Å². The van der Waals surface area contributed by atoms with E-state index in [4.69, 9.17) is 0 Å². The van der Waals surface area contributed by atoms with E-state index in [0.29, 0.717) is 24.7 Å². The molecule has 1 saturated heterocycles. The van der Waals surface area contributed by atoms with Crippen molar-refractivity contribution >= 4 is 5.91 Å². The second-order valence-corrected chi connectivity index (χ2v) is 5.29. The maximum absolute atomic E-state index is 12.3. The van der Waals surface area contributed by atoms with Gasteiger partial charge < -0.3 is 15.1 Å². The van der Waals surface area contributed by atoms with Crippen LogP contribution in [-0.2, 0) is 0 Å². The van der Waals surface area contributed by atoms with Crippen LogP contribution in [0, 0.1) is 0 Å². The van der Waals surface area contributed by atoms with E-state index in [2.05, 4.69) is 18.7 Å². The molecule has 0 saturated carbocycles. The lowest BCUT2D eigenvalue weighted by Crippen LogP contribution is -2.51. The molecule has 5 nitrogen and oxygen atoms in total. The van der Waals surface area contributed by atoms with Crippen LogP contribution in [-0.4, -0.2) is 58.1 Å². The number of nitrogens with zero attached hydrogens (tertiary/aromatic N) is 2. The molecule has 0 spiro atoms. The van der Waals surface area contributed by atoms with Gasteiger partial charge >= 0.3 is 0 Å². The minimum atomic E-state index is -0.255. The number of piperazine rings is 1. The van der Waals surface area contributed by atoms with E-state index in [1.54, 1.807) is 11.0 Å². The topological polar surface area (TPSA) is 64.0 Å². The lowest BCUT2D eigenvalue weighted by molar-refractivity contribution is 0.0579. The van der Waals surface area contributed by atoms with E-state index < -0.39 is 0 Å². The molecule has 1 aliphatic heterocycles. The molecule has 5 heteroatoms. The van der Waals surface area contributed by atoms with Gasteiger partial charge in [-0.15, -0.1) is 0 Å². The number of aromatic hydroxyl groups is 2. The molecule has 1 fully saturated rings. The Kier molecular flexibility index (Phi) is 4.49. The maximum atomic E-state index is 12.3. The van der Waals surface area contributed by atoms with Crippen LogP contribution in [0.2, 0.25) is 0 Å². The molecule has 0 radical (unpaired) electrons. The van der Waals surface area contributed by atoms with Crippen molar-refractivity contribution in [3.8, 4) is 11.5 Å². The number of hydrogen-bond donors (Lipinski definition) is 2. The minimum Gasteiger partial charge on any atom is -0.504 e. The van der Waals surface area contributed by atoms with Crippen molar-refractivity contribution in [3.63, 3.8) is 0 Å². The zero-order valence-corrected chi connectivity index (χ0v) is 12.0. The molecule has 1 amide bonds. The van der Waals surface area contributed by atoms with Crippen molar-refractivity contribution in [2.24, 2.45) is 0 Å². The number of phenolic OH excluding ortho intramolecular Hbond substituents is 2. The Hall–Kier alpha value is -1.75. The predicted molar refractivity (Wildman–Crippen MR) is 77.0 cm³/mol. The van der Waals surface area contributed by atoms with Gasteiger partial charge in [-0.1, -0.05) is 6.92 Å². The first kappa shape index (κ1) is 14.7. The van der Waals surface area contributed by atoms with Crippen LogP contribution in [0.5, 0.6) is 11.5 Å². The van der Waals surface area contributed by atoms with E-state index >= 15 is 0 Å². The fourth-order valence-electron chi connectivity index (χ4n) is 2.46. The lowest BCUT2D eigenvalue weighted by atomic mass is 10.1. The number of amides is 1. The Morgan fingerprint density at radius 3 is 2.40 bits per heavy atom. The summed E-state index contributed by atoms with van der Waals surface area (Å²) in [5.41, 5.74) is 0.414. The summed E-state index contributed by atoms with van der Waals surface area (Å²) < 4.78 is 0. The molecule has 2 rings (SSSR count). The fraction of sp³-hybridized carbons (Fsp3) is 0.533. The first-order valence-electron chi connectivity index (χ1n) is 7.08. The van der Waals surface area contributed by atoms with Crippen molar-refractivity contribution in [2.75, 3.05) is 26.2 Å². The Labute approximate surface area is 119 Å². The molecule has 1 atom stereocenters. The summed E-state index contributed by atoms with van der Waals surface area (Å²) >= 11 is 0. The second kappa shape index (κ2) is 6.13. The number of hydrogen-bond acceptors (Lipinski definition) is 4. The summed E-state index contributed by atoms with van der Waals surface area (Å²) in [7, 11) is 0. The molecular weight excluding hydrogens is 256 g/mol. The van der Waals surface area contributed by atoms with Crippen molar-refractivity contribution in [3.05, 3.63) is 23.8 Å². The third-order valence-corrected chi connectivity index (χ3v) is 4.04. The SMILES string of the molecule is CCC(C)N1CCN(C(=O)c2ccc(O)c(O)c2)CC1. The first-order valence-corrected chi connectivity index (χ1v) is 7.08. The van der Waals surface area contributed by atoms with E-state index in [1.165, 1.54) is 12.1 Å². The van der Waals surface area contributed by atoms with Gasteiger partial charge in [-0.25, -0.2) is 0 Å². The summed E-state index contributed by atoms with van der Waals surface area (Å²) in [6, 6.07) is 4.75. The highest BCUT2D eigenvalue weighted by molar-refractivity contribution is 5.95. The average molecular weight is 278 g/mol. The van der Waals surface area contributed by atoms with Gasteiger partial charge in [0.2, 0.25) is 0 Å². The van der Waals surface area contributed by atoms with Crippen LogP contribution in [0.3, 0.4) is 0 Å². The van der Waals surface area contributed by atoms with Crippen molar-refractivity contribution in [2.45, 2.75) is 26.3 Å². The van der Waals surface area contributed by atoms with Crippen LogP contribution in [0.25, 0.3) is 0 Å². The fourth-order valence-corrected chi connectivity index (χ4v) is 2.46. The monoisotopic (exact) mass is 278 g/mol. The molecule has 20 heavy (non-hydrogen) atoms. The quantitative estimate of drug-likeness (QED) is 0.825. The molecule has 0 bridgehead atoms.